The van der Waals surface area contributed by atoms with Crippen LogP contribution in [-0.2, 0) is 13.2 Å². The van der Waals surface area contributed by atoms with Crippen molar-refractivity contribution < 1.29 is 13.9 Å². The molecule has 1 aromatic heterocycles. The average Bonchev–Trinajstić information content (AvgIpc) is 3.15. The summed E-state index contributed by atoms with van der Waals surface area (Å²) in [5, 5.41) is 5.61. The third-order valence-corrected chi connectivity index (χ3v) is 3.66. The van der Waals surface area contributed by atoms with Gasteiger partial charge in [0, 0.05) is 12.1 Å². The molecule has 0 aliphatic rings. The van der Waals surface area contributed by atoms with Gasteiger partial charge < -0.3 is 19.8 Å². The minimum Gasteiger partial charge on any atom is -0.487 e. The van der Waals surface area contributed by atoms with E-state index in [4.69, 9.17) is 9.15 Å². The molecular weight excluding hydrogens is 316 g/mol. The lowest BCUT2D eigenvalue weighted by Gasteiger charge is -2.14. The van der Waals surface area contributed by atoms with Crippen molar-refractivity contribution in [3.8, 4) is 5.75 Å². The Hall–Kier alpha value is -3.21. The zero-order chi connectivity index (χ0) is 17.5. The molecule has 0 spiro atoms. The van der Waals surface area contributed by atoms with E-state index in [0.717, 1.165) is 16.7 Å². The highest BCUT2D eigenvalue weighted by Crippen LogP contribution is 2.26. The van der Waals surface area contributed by atoms with Crippen molar-refractivity contribution in [3.63, 3.8) is 0 Å². The maximum atomic E-state index is 12.1. The van der Waals surface area contributed by atoms with E-state index in [-0.39, 0.29) is 6.03 Å². The molecule has 3 rings (SSSR count). The van der Waals surface area contributed by atoms with E-state index in [2.05, 4.69) is 10.6 Å². The third kappa shape index (κ3) is 4.88. The van der Waals surface area contributed by atoms with Crippen molar-refractivity contribution in [2.45, 2.75) is 20.1 Å². The van der Waals surface area contributed by atoms with Crippen LogP contribution in [-0.4, -0.2) is 6.03 Å². The normalized spacial score (nSPS) is 10.3. The summed E-state index contributed by atoms with van der Waals surface area (Å²) in [5.41, 5.74) is 3.66. The van der Waals surface area contributed by atoms with Gasteiger partial charge in [0.25, 0.3) is 0 Å². The van der Waals surface area contributed by atoms with E-state index in [9.17, 15) is 4.79 Å². The lowest BCUT2D eigenvalue weighted by molar-refractivity contribution is 0.251. The molecule has 0 aliphatic heterocycles. The Kier molecular flexibility index (Phi) is 5.36. The number of hydrogen-bond donors (Lipinski definition) is 2. The number of furan rings is 1. The van der Waals surface area contributed by atoms with Crippen LogP contribution in [0.15, 0.2) is 71.5 Å². The molecule has 3 aromatic rings. The number of rotatable bonds is 6. The first-order valence-electron chi connectivity index (χ1n) is 8.04. The van der Waals surface area contributed by atoms with Crippen LogP contribution in [0.3, 0.4) is 0 Å². The molecule has 1 heterocycles. The number of amides is 2. The van der Waals surface area contributed by atoms with E-state index >= 15 is 0 Å². The number of anilines is 1. The van der Waals surface area contributed by atoms with Crippen LogP contribution in [0.5, 0.6) is 5.75 Å². The molecular formula is C20H20N2O3. The molecule has 0 radical (unpaired) electrons. The van der Waals surface area contributed by atoms with Gasteiger partial charge in [0.05, 0.1) is 18.2 Å². The Balaban J connectivity index is 1.63. The Bertz CT molecular complexity index is 814. The SMILES string of the molecule is Cc1ccc(NC(=O)NCc2ccoc2)c(OCc2ccccc2)c1. The molecule has 128 valence electrons. The molecule has 0 atom stereocenters. The van der Waals surface area contributed by atoms with Crippen molar-refractivity contribution in [2.75, 3.05) is 5.32 Å². The molecule has 0 unspecified atom stereocenters. The molecule has 0 saturated heterocycles. The Labute approximate surface area is 146 Å². The number of urea groups is 1. The highest BCUT2D eigenvalue weighted by molar-refractivity contribution is 5.90. The molecule has 0 bridgehead atoms. The van der Waals surface area contributed by atoms with E-state index in [1.807, 2.05) is 55.5 Å². The average molecular weight is 336 g/mol. The number of nitrogens with one attached hydrogen (secondary N) is 2. The van der Waals surface area contributed by atoms with Gasteiger partial charge in [0.2, 0.25) is 0 Å². The summed E-state index contributed by atoms with van der Waals surface area (Å²) in [6, 6.07) is 17.1. The summed E-state index contributed by atoms with van der Waals surface area (Å²) in [4.78, 5) is 12.1. The molecule has 2 aromatic carbocycles. The fourth-order valence-corrected chi connectivity index (χ4v) is 2.33. The first-order valence-corrected chi connectivity index (χ1v) is 8.04. The molecule has 2 amide bonds. The number of carbonyl (C=O) groups is 1. The molecule has 5 heteroatoms. The lowest BCUT2D eigenvalue weighted by atomic mass is 10.2. The minimum absolute atomic E-state index is 0.297. The van der Waals surface area contributed by atoms with Gasteiger partial charge in [-0.2, -0.15) is 0 Å². The van der Waals surface area contributed by atoms with Gasteiger partial charge >= 0.3 is 6.03 Å². The lowest BCUT2D eigenvalue weighted by Crippen LogP contribution is -2.28. The van der Waals surface area contributed by atoms with Crippen LogP contribution in [0.1, 0.15) is 16.7 Å². The predicted molar refractivity (Wildman–Crippen MR) is 96.5 cm³/mol. The fourth-order valence-electron chi connectivity index (χ4n) is 2.33. The van der Waals surface area contributed by atoms with E-state index in [1.165, 1.54) is 0 Å². The van der Waals surface area contributed by atoms with Gasteiger partial charge in [0.15, 0.2) is 0 Å². The third-order valence-electron chi connectivity index (χ3n) is 3.66. The Morgan fingerprint density at radius 1 is 1.08 bits per heavy atom. The maximum absolute atomic E-state index is 12.1. The summed E-state index contributed by atoms with van der Waals surface area (Å²) < 4.78 is 10.9. The van der Waals surface area contributed by atoms with Crippen LogP contribution < -0.4 is 15.4 Å². The summed E-state index contributed by atoms with van der Waals surface area (Å²) in [6.45, 7) is 2.82. The van der Waals surface area contributed by atoms with Crippen LogP contribution in [0.2, 0.25) is 0 Å². The molecule has 0 fully saturated rings. The number of hydrogen-bond acceptors (Lipinski definition) is 3. The second kappa shape index (κ2) is 8.06. The van der Waals surface area contributed by atoms with E-state index in [0.29, 0.717) is 24.6 Å². The van der Waals surface area contributed by atoms with Gasteiger partial charge in [0.1, 0.15) is 12.4 Å². The number of carbonyl (C=O) groups excluding carboxylic acids is 1. The van der Waals surface area contributed by atoms with Crippen LogP contribution in [0.25, 0.3) is 0 Å². The topological polar surface area (TPSA) is 63.5 Å². The first-order chi connectivity index (χ1) is 12.2. The van der Waals surface area contributed by atoms with Crippen molar-refractivity contribution in [2.24, 2.45) is 0 Å². The monoisotopic (exact) mass is 336 g/mol. The second-order valence-electron chi connectivity index (χ2n) is 5.71. The molecule has 0 aliphatic carbocycles. The molecule has 0 saturated carbocycles. The van der Waals surface area contributed by atoms with Gasteiger partial charge in [-0.05, 0) is 36.2 Å². The van der Waals surface area contributed by atoms with Gasteiger partial charge in [-0.3, -0.25) is 0 Å². The molecule has 25 heavy (non-hydrogen) atoms. The van der Waals surface area contributed by atoms with Gasteiger partial charge in [-0.1, -0.05) is 36.4 Å². The van der Waals surface area contributed by atoms with Crippen molar-refractivity contribution in [3.05, 3.63) is 83.8 Å². The first kappa shape index (κ1) is 16.6. The number of aryl methyl sites for hydroxylation is 1. The Morgan fingerprint density at radius 3 is 2.68 bits per heavy atom. The quantitative estimate of drug-likeness (QED) is 0.697. The predicted octanol–water partition coefficient (Wildman–Crippen LogP) is 4.49. The van der Waals surface area contributed by atoms with Crippen molar-refractivity contribution >= 4 is 11.7 Å². The number of benzene rings is 2. The standard InChI is InChI=1S/C20H20N2O3/c1-15-7-8-18(22-20(23)21-12-17-9-10-24-13-17)19(11-15)25-14-16-5-3-2-4-6-16/h2-11,13H,12,14H2,1H3,(H2,21,22,23). The van der Waals surface area contributed by atoms with Gasteiger partial charge in [-0.15, -0.1) is 0 Å². The van der Waals surface area contributed by atoms with Crippen LogP contribution in [0, 0.1) is 6.92 Å². The van der Waals surface area contributed by atoms with Crippen LogP contribution in [0.4, 0.5) is 10.5 Å². The zero-order valence-electron chi connectivity index (χ0n) is 14.0. The number of ether oxygens (including phenoxy) is 1. The van der Waals surface area contributed by atoms with Gasteiger partial charge in [-0.25, -0.2) is 4.79 Å². The van der Waals surface area contributed by atoms with Crippen LogP contribution >= 0.6 is 0 Å². The summed E-state index contributed by atoms with van der Waals surface area (Å²) in [7, 11) is 0. The maximum Gasteiger partial charge on any atom is 0.319 e. The van der Waals surface area contributed by atoms with Crippen molar-refractivity contribution in [1.82, 2.24) is 5.32 Å². The van der Waals surface area contributed by atoms with E-state index < -0.39 is 0 Å². The summed E-state index contributed by atoms with van der Waals surface area (Å²) in [5.74, 6) is 0.641. The van der Waals surface area contributed by atoms with E-state index in [1.54, 1.807) is 18.6 Å². The highest BCUT2D eigenvalue weighted by atomic mass is 16.5. The largest absolute Gasteiger partial charge is 0.487 e. The Morgan fingerprint density at radius 2 is 1.92 bits per heavy atom. The smallest absolute Gasteiger partial charge is 0.319 e. The summed E-state index contributed by atoms with van der Waals surface area (Å²) >= 11 is 0. The molecule has 2 N–H and O–H groups in total. The summed E-state index contributed by atoms with van der Waals surface area (Å²) in [6.07, 6.45) is 3.17. The minimum atomic E-state index is -0.297. The second-order valence-corrected chi connectivity index (χ2v) is 5.71. The molecule has 5 nitrogen and oxygen atoms in total. The zero-order valence-corrected chi connectivity index (χ0v) is 14.0. The fraction of sp³-hybridized carbons (Fsp3) is 0.150. The highest BCUT2D eigenvalue weighted by Gasteiger charge is 2.09. The van der Waals surface area contributed by atoms with Crippen molar-refractivity contribution in [1.29, 1.82) is 0 Å².